The Kier molecular flexibility index (Phi) is 5.54. The van der Waals surface area contributed by atoms with Gasteiger partial charge in [-0.25, -0.2) is 0 Å². The molecule has 0 atom stereocenters. The summed E-state index contributed by atoms with van der Waals surface area (Å²) in [6, 6.07) is 4.65. The normalized spacial score (nSPS) is 16.1. The molecular formula is C16H23N3O4. The number of methoxy groups -OCH3 is 1. The van der Waals surface area contributed by atoms with Crippen molar-refractivity contribution in [2.24, 2.45) is 5.92 Å². The smallest absolute Gasteiger partial charge is 0.270 e. The first-order valence-corrected chi connectivity index (χ1v) is 7.67. The Labute approximate surface area is 136 Å². The van der Waals surface area contributed by atoms with Gasteiger partial charge in [0.05, 0.1) is 12.0 Å². The van der Waals surface area contributed by atoms with E-state index < -0.39 is 4.92 Å². The second-order valence-electron chi connectivity index (χ2n) is 6.04. The van der Waals surface area contributed by atoms with Crippen molar-refractivity contribution in [1.82, 2.24) is 9.80 Å². The number of likely N-dealkylation sites (tertiary alicyclic amines) is 1. The lowest BCUT2D eigenvalue weighted by Crippen LogP contribution is -2.39. The Morgan fingerprint density at radius 2 is 2.04 bits per heavy atom. The minimum absolute atomic E-state index is 0.0680. The van der Waals surface area contributed by atoms with Crippen LogP contribution in [-0.4, -0.2) is 54.9 Å². The summed E-state index contributed by atoms with van der Waals surface area (Å²) in [4.78, 5) is 26.4. The second kappa shape index (κ2) is 7.41. The number of piperidine rings is 1. The predicted octanol–water partition coefficient (Wildman–Crippen LogP) is 1.90. The summed E-state index contributed by atoms with van der Waals surface area (Å²) in [5.74, 6) is 0.910. The molecule has 1 aliphatic rings. The standard InChI is InChI=1S/C16H23N3O4/c1-17(2)16(20)12-6-8-18(9-7-12)11-13-10-14(19(21)22)4-5-15(13)23-3/h4-5,10,12H,6-9,11H2,1-3H3. The summed E-state index contributed by atoms with van der Waals surface area (Å²) in [6.07, 6.45) is 1.63. The highest BCUT2D eigenvalue weighted by Gasteiger charge is 2.26. The van der Waals surface area contributed by atoms with Gasteiger partial charge in [0.1, 0.15) is 5.75 Å². The van der Waals surface area contributed by atoms with E-state index in [2.05, 4.69) is 4.90 Å². The Balaban J connectivity index is 2.02. The van der Waals surface area contributed by atoms with Crippen molar-refractivity contribution < 1.29 is 14.5 Å². The molecule has 2 rings (SSSR count). The molecule has 1 aliphatic heterocycles. The summed E-state index contributed by atoms with van der Waals surface area (Å²) in [7, 11) is 5.12. The molecule has 0 radical (unpaired) electrons. The van der Waals surface area contributed by atoms with Crippen molar-refractivity contribution in [3.05, 3.63) is 33.9 Å². The number of ether oxygens (including phenoxy) is 1. The van der Waals surface area contributed by atoms with Crippen molar-refractivity contribution in [3.8, 4) is 5.75 Å². The van der Waals surface area contributed by atoms with Crippen LogP contribution >= 0.6 is 0 Å². The van der Waals surface area contributed by atoms with Gasteiger partial charge >= 0.3 is 0 Å². The Morgan fingerprint density at radius 1 is 1.39 bits per heavy atom. The van der Waals surface area contributed by atoms with Gasteiger partial charge in [0, 0.05) is 44.3 Å². The zero-order chi connectivity index (χ0) is 17.0. The van der Waals surface area contributed by atoms with Gasteiger partial charge in [-0.15, -0.1) is 0 Å². The first kappa shape index (κ1) is 17.2. The van der Waals surface area contributed by atoms with Crippen LogP contribution in [0, 0.1) is 16.0 Å². The number of hydrogen-bond acceptors (Lipinski definition) is 5. The largest absolute Gasteiger partial charge is 0.496 e. The van der Waals surface area contributed by atoms with E-state index in [0.29, 0.717) is 12.3 Å². The van der Waals surface area contributed by atoms with Gasteiger partial charge in [0.2, 0.25) is 5.91 Å². The molecule has 7 nitrogen and oxygen atoms in total. The molecule has 0 N–H and O–H groups in total. The average Bonchev–Trinajstić information content (AvgIpc) is 2.54. The average molecular weight is 321 g/mol. The lowest BCUT2D eigenvalue weighted by Gasteiger charge is -2.32. The Hall–Kier alpha value is -2.15. The minimum Gasteiger partial charge on any atom is -0.496 e. The highest BCUT2D eigenvalue weighted by molar-refractivity contribution is 5.78. The second-order valence-corrected chi connectivity index (χ2v) is 6.04. The maximum atomic E-state index is 12.0. The number of nitrogens with zero attached hydrogens (tertiary/aromatic N) is 3. The Bertz CT molecular complexity index is 581. The summed E-state index contributed by atoms with van der Waals surface area (Å²) in [5, 5.41) is 10.9. The fourth-order valence-corrected chi connectivity index (χ4v) is 2.95. The van der Waals surface area contributed by atoms with Gasteiger partial charge in [-0.1, -0.05) is 0 Å². The Morgan fingerprint density at radius 3 is 2.57 bits per heavy atom. The quantitative estimate of drug-likeness (QED) is 0.611. The van der Waals surface area contributed by atoms with Crippen LogP contribution in [0.2, 0.25) is 0 Å². The van der Waals surface area contributed by atoms with E-state index >= 15 is 0 Å². The molecule has 0 saturated carbocycles. The van der Waals surface area contributed by atoms with E-state index in [1.54, 1.807) is 38.2 Å². The number of nitro benzene ring substituents is 1. The first-order chi connectivity index (χ1) is 10.9. The molecule has 0 aromatic heterocycles. The van der Waals surface area contributed by atoms with Gasteiger partial charge in [-0.05, 0) is 32.0 Å². The van der Waals surface area contributed by atoms with Gasteiger partial charge < -0.3 is 9.64 Å². The van der Waals surface area contributed by atoms with Gasteiger partial charge in [-0.2, -0.15) is 0 Å². The van der Waals surface area contributed by atoms with Crippen LogP contribution in [0.3, 0.4) is 0 Å². The first-order valence-electron chi connectivity index (χ1n) is 7.67. The lowest BCUT2D eigenvalue weighted by atomic mass is 9.95. The van der Waals surface area contributed by atoms with Crippen LogP contribution in [0.4, 0.5) is 5.69 Å². The molecule has 0 bridgehead atoms. The van der Waals surface area contributed by atoms with Gasteiger partial charge in [0.25, 0.3) is 5.69 Å². The number of carbonyl (C=O) groups excluding carboxylic acids is 1. The van der Waals surface area contributed by atoms with Crippen LogP contribution in [-0.2, 0) is 11.3 Å². The molecule has 0 aliphatic carbocycles. The fourth-order valence-electron chi connectivity index (χ4n) is 2.95. The molecule has 1 saturated heterocycles. The summed E-state index contributed by atoms with van der Waals surface area (Å²) < 4.78 is 5.30. The number of amides is 1. The summed E-state index contributed by atoms with van der Waals surface area (Å²) in [6.45, 7) is 2.19. The van der Waals surface area contributed by atoms with Crippen molar-refractivity contribution in [2.45, 2.75) is 19.4 Å². The molecule has 126 valence electrons. The molecule has 1 amide bonds. The van der Waals surface area contributed by atoms with E-state index in [4.69, 9.17) is 4.74 Å². The maximum absolute atomic E-state index is 12.0. The van der Waals surface area contributed by atoms with Gasteiger partial charge in [-0.3, -0.25) is 19.8 Å². The molecule has 23 heavy (non-hydrogen) atoms. The molecule has 1 fully saturated rings. The van der Waals surface area contributed by atoms with E-state index in [1.165, 1.54) is 6.07 Å². The third-order valence-corrected chi connectivity index (χ3v) is 4.25. The number of rotatable bonds is 5. The molecule has 0 unspecified atom stereocenters. The third-order valence-electron chi connectivity index (χ3n) is 4.25. The van der Waals surface area contributed by atoms with Crippen molar-refractivity contribution >= 4 is 11.6 Å². The number of nitro groups is 1. The minimum atomic E-state index is -0.398. The van der Waals surface area contributed by atoms with Crippen molar-refractivity contribution in [3.63, 3.8) is 0 Å². The van der Waals surface area contributed by atoms with Gasteiger partial charge in [0.15, 0.2) is 0 Å². The van der Waals surface area contributed by atoms with E-state index in [0.717, 1.165) is 31.5 Å². The molecule has 1 aromatic carbocycles. The molecule has 7 heteroatoms. The topological polar surface area (TPSA) is 75.9 Å². The van der Waals surface area contributed by atoms with Crippen LogP contribution in [0.15, 0.2) is 18.2 Å². The summed E-state index contributed by atoms with van der Waals surface area (Å²) in [5.41, 5.74) is 0.873. The highest BCUT2D eigenvalue weighted by Crippen LogP contribution is 2.27. The van der Waals surface area contributed by atoms with Crippen LogP contribution in [0.25, 0.3) is 0 Å². The van der Waals surface area contributed by atoms with Crippen molar-refractivity contribution in [2.75, 3.05) is 34.3 Å². The van der Waals surface area contributed by atoms with E-state index in [1.807, 2.05) is 0 Å². The van der Waals surface area contributed by atoms with E-state index in [-0.39, 0.29) is 17.5 Å². The van der Waals surface area contributed by atoms with Crippen LogP contribution in [0.5, 0.6) is 5.75 Å². The van der Waals surface area contributed by atoms with Crippen LogP contribution in [0.1, 0.15) is 18.4 Å². The molecule has 1 heterocycles. The fraction of sp³-hybridized carbons (Fsp3) is 0.562. The number of benzene rings is 1. The summed E-state index contributed by atoms with van der Waals surface area (Å²) >= 11 is 0. The monoisotopic (exact) mass is 321 g/mol. The lowest BCUT2D eigenvalue weighted by molar-refractivity contribution is -0.385. The number of carbonyl (C=O) groups is 1. The molecule has 1 aromatic rings. The highest BCUT2D eigenvalue weighted by atomic mass is 16.6. The molecule has 0 spiro atoms. The third kappa shape index (κ3) is 4.19. The zero-order valence-electron chi connectivity index (χ0n) is 13.8. The van der Waals surface area contributed by atoms with E-state index in [9.17, 15) is 14.9 Å². The predicted molar refractivity (Wildman–Crippen MR) is 86.3 cm³/mol. The van der Waals surface area contributed by atoms with Crippen LogP contribution < -0.4 is 4.74 Å². The molecular weight excluding hydrogens is 298 g/mol. The van der Waals surface area contributed by atoms with Crippen molar-refractivity contribution in [1.29, 1.82) is 0 Å². The SMILES string of the molecule is COc1ccc([N+](=O)[O-])cc1CN1CCC(C(=O)N(C)C)CC1. The number of non-ortho nitro benzene ring substituents is 1. The maximum Gasteiger partial charge on any atom is 0.270 e. The zero-order valence-corrected chi connectivity index (χ0v) is 13.8. The number of hydrogen-bond donors (Lipinski definition) is 0.